The number of carbonyl (C=O) groups excluding carboxylic acids is 2. The molecule has 1 N–H and O–H groups in total. The summed E-state index contributed by atoms with van der Waals surface area (Å²) in [4.78, 5) is 34.4. The molecule has 0 aromatic heterocycles. The topological polar surface area (TPSA) is 108 Å². The van der Waals surface area contributed by atoms with Gasteiger partial charge in [0.1, 0.15) is 6.61 Å². The predicted octanol–water partition coefficient (Wildman–Crippen LogP) is 10.2. The summed E-state index contributed by atoms with van der Waals surface area (Å²) in [5.74, 6) is -0.807. The molecule has 0 aromatic carbocycles. The van der Waals surface area contributed by atoms with E-state index in [1.807, 2.05) is 0 Å². The van der Waals surface area contributed by atoms with Gasteiger partial charge in [-0.2, -0.15) is 0 Å². The van der Waals surface area contributed by atoms with Gasteiger partial charge in [0, 0.05) is 12.8 Å². The highest BCUT2D eigenvalue weighted by atomic mass is 31.2. The number of phosphoric acid groups is 1. The van der Waals surface area contributed by atoms with Gasteiger partial charge in [-0.1, -0.05) is 129 Å². The van der Waals surface area contributed by atoms with Crippen molar-refractivity contribution in [3.8, 4) is 0 Å². The van der Waals surface area contributed by atoms with E-state index in [9.17, 15) is 19.0 Å². The molecule has 0 aliphatic carbocycles. The Bertz CT molecular complexity index is 727. The number of ether oxygens (including phenoxy) is 2. The lowest BCUT2D eigenvalue weighted by atomic mass is 10.0. The van der Waals surface area contributed by atoms with Crippen LogP contribution in [0.15, 0.2) is 12.2 Å². The lowest BCUT2D eigenvalue weighted by Gasteiger charge is -2.19. The molecule has 0 bridgehead atoms. The van der Waals surface area contributed by atoms with Gasteiger partial charge < -0.3 is 14.4 Å². The number of esters is 2. The fourth-order valence-electron chi connectivity index (χ4n) is 4.73. The zero-order valence-corrected chi connectivity index (χ0v) is 28.8. The van der Waals surface area contributed by atoms with E-state index in [0.717, 1.165) is 57.8 Å². The lowest BCUT2D eigenvalue weighted by molar-refractivity contribution is -0.161. The molecule has 43 heavy (non-hydrogen) atoms. The van der Waals surface area contributed by atoms with E-state index < -0.39 is 26.5 Å². The molecule has 0 saturated heterocycles. The van der Waals surface area contributed by atoms with Gasteiger partial charge >= 0.3 is 19.8 Å². The van der Waals surface area contributed by atoms with E-state index in [0.29, 0.717) is 12.8 Å². The van der Waals surface area contributed by atoms with Crippen molar-refractivity contribution >= 4 is 19.8 Å². The van der Waals surface area contributed by atoms with Crippen LogP contribution in [0.2, 0.25) is 0 Å². The highest BCUT2D eigenvalue weighted by Crippen LogP contribution is 2.43. The van der Waals surface area contributed by atoms with Crippen LogP contribution in [0.1, 0.15) is 168 Å². The Morgan fingerprint density at radius 3 is 1.60 bits per heavy atom. The zero-order valence-electron chi connectivity index (χ0n) is 27.9. The normalized spacial score (nSPS) is 13.7. The van der Waals surface area contributed by atoms with Crippen molar-refractivity contribution in [1.29, 1.82) is 0 Å². The lowest BCUT2D eigenvalue weighted by Crippen LogP contribution is -2.29. The first-order valence-corrected chi connectivity index (χ1v) is 19.0. The molecule has 0 amide bonds. The highest BCUT2D eigenvalue weighted by Gasteiger charge is 2.25. The maximum absolute atomic E-state index is 12.4. The molecule has 0 aliphatic heterocycles. The number of allylic oxidation sites excluding steroid dienone is 2. The standard InChI is InChI=1S/C34H65O8P/c1-4-7-9-11-13-15-17-19-20-22-24-26-28-33(35)39-30-32(31-41-43(37,38)40-6-3)42-34(36)29-27-25-23-21-18-16-14-12-10-8-5-2/h12,14,32H,4-11,13,15-31H2,1-3H3,(H,37,38)/b14-12-. The molecule has 8 nitrogen and oxygen atoms in total. The van der Waals surface area contributed by atoms with Crippen molar-refractivity contribution in [1.82, 2.24) is 0 Å². The Labute approximate surface area is 263 Å². The number of unbranched alkanes of at least 4 members (excludes halogenated alkanes) is 18. The molecular formula is C34H65O8P. The predicted molar refractivity (Wildman–Crippen MR) is 175 cm³/mol. The first-order chi connectivity index (χ1) is 20.8. The molecule has 0 rings (SSSR count). The smallest absolute Gasteiger partial charge is 0.462 e. The van der Waals surface area contributed by atoms with Gasteiger partial charge in [0.15, 0.2) is 6.10 Å². The minimum Gasteiger partial charge on any atom is -0.462 e. The van der Waals surface area contributed by atoms with Crippen molar-refractivity contribution in [2.45, 2.75) is 175 Å². The van der Waals surface area contributed by atoms with E-state index in [4.69, 9.17) is 18.5 Å². The maximum Gasteiger partial charge on any atom is 0.472 e. The van der Waals surface area contributed by atoms with Crippen LogP contribution < -0.4 is 0 Å². The summed E-state index contributed by atoms with van der Waals surface area (Å²) >= 11 is 0. The van der Waals surface area contributed by atoms with Gasteiger partial charge in [-0.05, 0) is 39.0 Å². The average molecular weight is 633 g/mol. The van der Waals surface area contributed by atoms with Crippen LogP contribution >= 0.6 is 7.82 Å². The highest BCUT2D eigenvalue weighted by molar-refractivity contribution is 7.47. The van der Waals surface area contributed by atoms with Gasteiger partial charge in [0.05, 0.1) is 13.2 Å². The summed E-state index contributed by atoms with van der Waals surface area (Å²) in [6, 6.07) is 0. The Hall–Kier alpha value is -1.21. The van der Waals surface area contributed by atoms with Crippen LogP contribution in [0, 0.1) is 0 Å². The summed E-state index contributed by atoms with van der Waals surface area (Å²) < 4.78 is 32.4. The number of hydrogen-bond acceptors (Lipinski definition) is 7. The van der Waals surface area contributed by atoms with Gasteiger partial charge in [0.25, 0.3) is 0 Å². The molecule has 0 aromatic rings. The Morgan fingerprint density at radius 1 is 0.605 bits per heavy atom. The number of hydrogen-bond donors (Lipinski definition) is 1. The minimum atomic E-state index is -4.26. The van der Waals surface area contributed by atoms with Crippen LogP contribution in [-0.4, -0.2) is 42.8 Å². The second-order valence-electron chi connectivity index (χ2n) is 11.5. The minimum absolute atomic E-state index is 0.00140. The van der Waals surface area contributed by atoms with Crippen molar-refractivity contribution in [3.63, 3.8) is 0 Å². The fourth-order valence-corrected chi connectivity index (χ4v) is 5.48. The molecule has 0 radical (unpaired) electrons. The summed E-state index contributed by atoms with van der Waals surface area (Å²) in [7, 11) is -4.26. The Balaban J connectivity index is 4.20. The van der Waals surface area contributed by atoms with Crippen LogP contribution in [0.3, 0.4) is 0 Å². The van der Waals surface area contributed by atoms with Crippen molar-refractivity contribution in [2.75, 3.05) is 19.8 Å². The first-order valence-electron chi connectivity index (χ1n) is 17.5. The van der Waals surface area contributed by atoms with E-state index in [2.05, 4.69) is 26.0 Å². The molecular weight excluding hydrogens is 567 g/mol. The van der Waals surface area contributed by atoms with Crippen molar-refractivity contribution in [2.24, 2.45) is 0 Å². The third-order valence-electron chi connectivity index (χ3n) is 7.32. The van der Waals surface area contributed by atoms with Gasteiger partial charge in [-0.15, -0.1) is 0 Å². The van der Waals surface area contributed by atoms with Crippen LogP contribution in [0.5, 0.6) is 0 Å². The second kappa shape index (κ2) is 30.8. The fraction of sp³-hybridized carbons (Fsp3) is 0.882. The van der Waals surface area contributed by atoms with Crippen LogP contribution in [-0.2, 0) is 32.7 Å². The number of rotatable bonds is 32. The zero-order chi connectivity index (χ0) is 31.9. The molecule has 0 saturated carbocycles. The summed E-state index contributed by atoms with van der Waals surface area (Å²) in [6.07, 6.45) is 28.3. The molecule has 0 fully saturated rings. The summed E-state index contributed by atoms with van der Waals surface area (Å²) in [5.41, 5.74) is 0. The van der Waals surface area contributed by atoms with Crippen LogP contribution in [0.25, 0.3) is 0 Å². The van der Waals surface area contributed by atoms with Crippen molar-refractivity contribution < 1.29 is 37.6 Å². The monoisotopic (exact) mass is 632 g/mol. The van der Waals surface area contributed by atoms with Gasteiger partial charge in [-0.25, -0.2) is 4.57 Å². The van der Waals surface area contributed by atoms with Crippen LogP contribution in [0.4, 0.5) is 0 Å². The van der Waals surface area contributed by atoms with E-state index >= 15 is 0 Å². The molecule has 9 heteroatoms. The Morgan fingerprint density at radius 2 is 1.07 bits per heavy atom. The molecule has 254 valence electrons. The largest absolute Gasteiger partial charge is 0.472 e. The summed E-state index contributed by atoms with van der Waals surface area (Å²) in [5, 5.41) is 0. The number of carbonyl (C=O) groups is 2. The summed E-state index contributed by atoms with van der Waals surface area (Å²) in [6.45, 7) is 5.40. The molecule has 2 atom stereocenters. The first kappa shape index (κ1) is 41.8. The third kappa shape index (κ3) is 30.6. The van der Waals surface area contributed by atoms with Gasteiger partial charge in [0.2, 0.25) is 0 Å². The van der Waals surface area contributed by atoms with Crippen molar-refractivity contribution in [3.05, 3.63) is 12.2 Å². The molecule has 2 unspecified atom stereocenters. The second-order valence-corrected chi connectivity index (χ2v) is 13.0. The Kier molecular flexibility index (Phi) is 29.9. The molecule has 0 aliphatic rings. The average Bonchev–Trinajstić information content (AvgIpc) is 2.97. The molecule has 0 heterocycles. The number of phosphoric ester groups is 1. The molecule has 0 spiro atoms. The van der Waals surface area contributed by atoms with E-state index in [1.165, 1.54) is 70.6 Å². The van der Waals surface area contributed by atoms with E-state index in [-0.39, 0.29) is 25.6 Å². The third-order valence-corrected chi connectivity index (χ3v) is 8.38. The van der Waals surface area contributed by atoms with E-state index in [1.54, 1.807) is 6.92 Å². The maximum atomic E-state index is 12.4. The quantitative estimate of drug-likeness (QED) is 0.0338. The van der Waals surface area contributed by atoms with Gasteiger partial charge in [-0.3, -0.25) is 18.6 Å². The SMILES string of the molecule is CCCC/C=C\CCCCCCCC(=O)OC(COC(=O)CCCCCCCCCCCCCC)COP(=O)(O)OCC.